The second-order valence-electron chi connectivity index (χ2n) is 24.5. The van der Waals surface area contributed by atoms with Crippen LogP contribution in [0, 0.1) is 35.5 Å². The van der Waals surface area contributed by atoms with E-state index in [0.29, 0.717) is 16.7 Å². The van der Waals surface area contributed by atoms with Gasteiger partial charge in [0, 0.05) is 44.7 Å². The molecule has 19 rings (SSSR count). The molecule has 3 heteroatoms. The van der Waals surface area contributed by atoms with Crippen LogP contribution in [-0.4, -0.2) is 11.3 Å². The Morgan fingerprint density at radius 3 is 1.86 bits per heavy atom. The van der Waals surface area contributed by atoms with E-state index in [2.05, 4.69) is 138 Å². The number of anilines is 2. The zero-order valence-corrected chi connectivity index (χ0v) is 37.5. The number of rotatable bonds is 3. The van der Waals surface area contributed by atoms with E-state index >= 15 is 0 Å². The van der Waals surface area contributed by atoms with Crippen molar-refractivity contribution < 1.29 is 0 Å². The highest BCUT2D eigenvalue weighted by Gasteiger charge is 2.59. The van der Waals surface area contributed by atoms with E-state index in [9.17, 15) is 0 Å². The third-order valence-electron chi connectivity index (χ3n) is 20.9. The average molecular weight is 829 g/mol. The maximum atomic E-state index is 2.90. The first-order valence-corrected chi connectivity index (χ1v) is 25.7. The van der Waals surface area contributed by atoms with Gasteiger partial charge < -0.3 is 9.38 Å². The Kier molecular flexibility index (Phi) is 6.34. The molecule has 6 aromatic carbocycles. The van der Waals surface area contributed by atoms with Gasteiger partial charge in [-0.1, -0.05) is 92.7 Å². The van der Waals surface area contributed by atoms with Crippen LogP contribution in [0.2, 0.25) is 0 Å². The van der Waals surface area contributed by atoms with E-state index < -0.39 is 0 Å². The summed E-state index contributed by atoms with van der Waals surface area (Å²) in [4.78, 5) is 2.88. The summed E-state index contributed by atoms with van der Waals surface area (Å²) >= 11 is 0. The van der Waals surface area contributed by atoms with Crippen molar-refractivity contribution in [2.75, 3.05) is 4.90 Å². The van der Waals surface area contributed by atoms with E-state index in [1.54, 1.807) is 22.1 Å². The van der Waals surface area contributed by atoms with Crippen LogP contribution in [0.25, 0.3) is 44.1 Å². The molecule has 12 aliphatic rings. The Labute approximate surface area is 378 Å². The zero-order chi connectivity index (χ0) is 41.6. The molecule has 0 spiro atoms. The highest BCUT2D eigenvalue weighted by Crippen LogP contribution is 2.67. The first-order valence-electron chi connectivity index (χ1n) is 25.7. The molecule has 0 N–H and O–H groups in total. The van der Waals surface area contributed by atoms with Gasteiger partial charge in [0.25, 0.3) is 0 Å². The quantitative estimate of drug-likeness (QED) is 0.161. The van der Waals surface area contributed by atoms with Gasteiger partial charge in [-0.2, -0.15) is 0 Å². The molecule has 2 nitrogen and oxygen atoms in total. The number of aromatic nitrogens is 1. The summed E-state index contributed by atoms with van der Waals surface area (Å²) in [7, 11) is 0. The fourth-order valence-electron chi connectivity index (χ4n) is 19.5. The molecule has 8 saturated carbocycles. The average Bonchev–Trinajstić information content (AvgIpc) is 3.90. The van der Waals surface area contributed by atoms with Gasteiger partial charge >= 0.3 is 6.85 Å². The summed E-state index contributed by atoms with van der Waals surface area (Å²) in [5.74, 6) is 5.93. The van der Waals surface area contributed by atoms with E-state index in [-0.39, 0.29) is 18.3 Å². The highest BCUT2D eigenvalue weighted by atomic mass is 15.2. The van der Waals surface area contributed by atoms with Crippen LogP contribution in [-0.2, 0) is 16.2 Å². The van der Waals surface area contributed by atoms with Crippen LogP contribution in [0.4, 0.5) is 11.4 Å². The molecular formula is C61H57BN2. The normalized spacial score (nSPS) is 34.2. The molecule has 8 bridgehead atoms. The van der Waals surface area contributed by atoms with Crippen LogP contribution < -0.4 is 15.8 Å². The van der Waals surface area contributed by atoms with Crippen LogP contribution in [0.15, 0.2) is 115 Å². The van der Waals surface area contributed by atoms with Crippen LogP contribution in [0.5, 0.6) is 0 Å². The summed E-state index contributed by atoms with van der Waals surface area (Å²) in [6.45, 7) is 5.17. The Bertz CT molecular complexity index is 3190. The smallest absolute Gasteiger partial charge is 0.333 e. The molecule has 0 saturated heterocycles. The predicted octanol–water partition coefficient (Wildman–Crippen LogP) is 13.6. The van der Waals surface area contributed by atoms with Crippen molar-refractivity contribution in [3.8, 4) is 22.3 Å². The van der Waals surface area contributed by atoms with Crippen LogP contribution in [0.3, 0.4) is 0 Å². The molecule has 3 aliphatic heterocycles. The number of para-hydroxylation sites is 1. The Hall–Kier alpha value is -5.02. The number of hydrogen-bond donors (Lipinski definition) is 0. The van der Waals surface area contributed by atoms with Gasteiger partial charge in [-0.15, -0.1) is 0 Å². The summed E-state index contributed by atoms with van der Waals surface area (Å²) in [5, 5.41) is 3.08. The molecule has 0 amide bonds. The number of benzene rings is 6. The molecule has 7 aromatic rings. The van der Waals surface area contributed by atoms with Gasteiger partial charge in [0.1, 0.15) is 0 Å². The summed E-state index contributed by atoms with van der Waals surface area (Å²) in [6.07, 6.45) is 17.4. The van der Waals surface area contributed by atoms with Gasteiger partial charge in [-0.25, -0.2) is 0 Å². The largest absolute Gasteiger partial charge is 0.375 e. The van der Waals surface area contributed by atoms with Crippen LogP contribution >= 0.6 is 0 Å². The first-order chi connectivity index (χ1) is 31.3. The Morgan fingerprint density at radius 2 is 1.16 bits per heavy atom. The summed E-state index contributed by atoms with van der Waals surface area (Å²) < 4.78 is 2.90. The molecule has 314 valence electrons. The van der Waals surface area contributed by atoms with E-state index in [1.165, 1.54) is 149 Å². The van der Waals surface area contributed by atoms with Gasteiger partial charge in [0.05, 0.1) is 6.04 Å². The molecule has 2 atom stereocenters. The number of fused-ring (bicyclic) bond motifs is 12. The van der Waals surface area contributed by atoms with Crippen molar-refractivity contribution in [1.82, 2.24) is 4.48 Å². The third-order valence-corrected chi connectivity index (χ3v) is 20.9. The molecule has 8 fully saturated rings. The SMILES string of the molecule is CC1(C)c2ccccc2C2C1c1cccc3c1N2c1cc(-c2ccccc2)cc2c1B3n1c3ccc(C45CC6CC(CC(C6)C4)C5)cc3c3cc(C45CC6CC(CC(C6)C4)C5)cc-2c31. The monoisotopic (exact) mass is 828 g/mol. The van der Waals surface area contributed by atoms with E-state index in [1.807, 2.05) is 0 Å². The molecule has 0 radical (unpaired) electrons. The Morgan fingerprint density at radius 1 is 0.531 bits per heavy atom. The minimum atomic E-state index is 0.0141. The standard InChI is InChI=1S/C61H57BN2/c1-59(2)50-13-7-6-11-44(50)58-54(59)45-12-8-14-51-57(45)63(58)53-24-41(40-9-4-3-5-10-40)23-47-49-27-43(61-31-37-20-38(32-61)22-39(21-37)33-61)26-48-46-25-42(15-16-52(46)64(56(48)49)62(51)55(47)53)60-28-34-17-35(29-60)19-36(18-34)30-60/h3-16,23-27,34-39,54,58H,17-22,28-33H2,1-2H3. The highest BCUT2D eigenvalue weighted by molar-refractivity contribution is 6.90. The summed E-state index contributed by atoms with van der Waals surface area (Å²) in [5.41, 5.74) is 23.2. The number of nitrogens with zero attached hydrogens (tertiary/aromatic N) is 2. The minimum Gasteiger partial charge on any atom is -0.375 e. The lowest BCUT2D eigenvalue weighted by atomic mass is 9.44. The molecule has 64 heavy (non-hydrogen) atoms. The second-order valence-corrected chi connectivity index (χ2v) is 24.5. The van der Waals surface area contributed by atoms with E-state index in [4.69, 9.17) is 0 Å². The third kappa shape index (κ3) is 4.17. The van der Waals surface area contributed by atoms with Crippen LogP contribution in [0.1, 0.15) is 131 Å². The lowest BCUT2D eigenvalue weighted by Gasteiger charge is -2.57. The fraction of sp³-hybridized carbons (Fsp3) is 0.410. The minimum absolute atomic E-state index is 0.0141. The molecule has 2 unspecified atom stereocenters. The number of hydrogen-bond acceptors (Lipinski definition) is 1. The molecule has 1 aromatic heterocycles. The van der Waals surface area contributed by atoms with Gasteiger partial charge in [-0.05, 0) is 221 Å². The van der Waals surface area contributed by atoms with Crippen molar-refractivity contribution in [1.29, 1.82) is 0 Å². The maximum absolute atomic E-state index is 2.90. The van der Waals surface area contributed by atoms with Crippen molar-refractivity contribution >= 4 is 51.0 Å². The molecule has 4 heterocycles. The van der Waals surface area contributed by atoms with Crippen molar-refractivity contribution in [2.45, 2.75) is 119 Å². The maximum Gasteiger partial charge on any atom is 0.333 e. The predicted molar refractivity (Wildman–Crippen MR) is 264 cm³/mol. The van der Waals surface area contributed by atoms with Gasteiger partial charge in [0.2, 0.25) is 0 Å². The zero-order valence-electron chi connectivity index (χ0n) is 37.5. The van der Waals surface area contributed by atoms with Crippen molar-refractivity contribution in [2.24, 2.45) is 35.5 Å². The van der Waals surface area contributed by atoms with Crippen molar-refractivity contribution in [3.63, 3.8) is 0 Å². The van der Waals surface area contributed by atoms with Gasteiger partial charge in [0.15, 0.2) is 0 Å². The summed E-state index contributed by atoms with van der Waals surface area (Å²) in [6, 6.07) is 47.6. The fourth-order valence-corrected chi connectivity index (χ4v) is 19.5. The van der Waals surface area contributed by atoms with E-state index in [0.717, 1.165) is 35.5 Å². The van der Waals surface area contributed by atoms with Gasteiger partial charge in [-0.3, -0.25) is 0 Å². The Balaban J connectivity index is 0.987. The van der Waals surface area contributed by atoms with Crippen molar-refractivity contribution in [3.05, 3.63) is 143 Å². The first kappa shape index (κ1) is 35.3. The molecule has 9 aliphatic carbocycles. The topological polar surface area (TPSA) is 8.17 Å². The molecular weight excluding hydrogens is 771 g/mol. The lowest BCUT2D eigenvalue weighted by molar-refractivity contribution is -0.00527. The second kappa shape index (κ2) is 11.5. The lowest BCUT2D eigenvalue weighted by Crippen LogP contribution is -2.57.